The van der Waals surface area contributed by atoms with Gasteiger partial charge in [0.1, 0.15) is 22.2 Å². The Morgan fingerprint density at radius 2 is 1.79 bits per heavy atom. The minimum Gasteiger partial charge on any atom is -0.494 e. The highest BCUT2D eigenvalue weighted by Crippen LogP contribution is 2.38. The van der Waals surface area contributed by atoms with Crippen LogP contribution in [0, 0.1) is 0 Å². The van der Waals surface area contributed by atoms with Crippen molar-refractivity contribution >= 4 is 34.9 Å². The smallest absolute Gasteiger partial charge is 0.357 e. The van der Waals surface area contributed by atoms with E-state index in [1.54, 1.807) is 52.3 Å². The SMILES string of the molecule is CNC(=O)c1cnc(Cl)cc1Nc1cccc(-c2ccc(C(=O)OC(C)(C)C)nc2)c1OC. The van der Waals surface area contributed by atoms with Crippen molar-refractivity contribution in [2.24, 2.45) is 0 Å². The number of hydrogen-bond acceptors (Lipinski definition) is 7. The molecule has 0 radical (unpaired) electrons. The van der Waals surface area contributed by atoms with Crippen LogP contribution in [0.15, 0.2) is 48.8 Å². The number of methoxy groups -OCH3 is 1. The number of nitrogens with zero attached hydrogens (tertiary/aromatic N) is 2. The Balaban J connectivity index is 1.96. The Kier molecular flexibility index (Phi) is 7.18. The maximum atomic E-state index is 12.3. The topological polar surface area (TPSA) is 102 Å². The van der Waals surface area contributed by atoms with Gasteiger partial charge in [0.15, 0.2) is 0 Å². The number of amides is 1. The Morgan fingerprint density at radius 3 is 2.39 bits per heavy atom. The highest BCUT2D eigenvalue weighted by atomic mass is 35.5. The van der Waals surface area contributed by atoms with E-state index in [0.717, 1.165) is 11.1 Å². The summed E-state index contributed by atoms with van der Waals surface area (Å²) in [5.41, 5.74) is 2.50. The monoisotopic (exact) mass is 468 g/mol. The van der Waals surface area contributed by atoms with E-state index in [9.17, 15) is 9.59 Å². The largest absolute Gasteiger partial charge is 0.494 e. The summed E-state index contributed by atoms with van der Waals surface area (Å²) in [4.78, 5) is 32.7. The molecule has 3 rings (SSSR count). The van der Waals surface area contributed by atoms with Gasteiger partial charge in [0.25, 0.3) is 5.91 Å². The fraction of sp³-hybridized carbons (Fsp3) is 0.250. The first kappa shape index (κ1) is 24.0. The first-order valence-electron chi connectivity index (χ1n) is 10.1. The second kappa shape index (κ2) is 9.87. The Morgan fingerprint density at radius 1 is 1.03 bits per heavy atom. The number of carbonyl (C=O) groups excluding carboxylic acids is 2. The molecule has 33 heavy (non-hydrogen) atoms. The van der Waals surface area contributed by atoms with Crippen LogP contribution in [-0.4, -0.2) is 41.6 Å². The number of aromatic nitrogens is 2. The molecule has 0 aliphatic heterocycles. The molecule has 9 heteroatoms. The number of ether oxygens (including phenoxy) is 2. The number of rotatable bonds is 6. The normalized spacial score (nSPS) is 11.0. The van der Waals surface area contributed by atoms with Gasteiger partial charge in [-0.05, 0) is 39.0 Å². The summed E-state index contributed by atoms with van der Waals surface area (Å²) < 4.78 is 11.0. The third-order valence-electron chi connectivity index (χ3n) is 4.51. The number of esters is 1. The zero-order valence-electron chi connectivity index (χ0n) is 19.0. The molecule has 1 aromatic carbocycles. The van der Waals surface area contributed by atoms with E-state index < -0.39 is 11.6 Å². The van der Waals surface area contributed by atoms with Crippen LogP contribution in [0.4, 0.5) is 11.4 Å². The summed E-state index contributed by atoms with van der Waals surface area (Å²) in [5, 5.41) is 6.03. The lowest BCUT2D eigenvalue weighted by Gasteiger charge is -2.19. The average Bonchev–Trinajstić information content (AvgIpc) is 2.77. The molecule has 3 aromatic rings. The highest BCUT2D eigenvalue weighted by molar-refractivity contribution is 6.29. The Bertz CT molecular complexity index is 1170. The number of anilines is 2. The van der Waals surface area contributed by atoms with E-state index in [0.29, 0.717) is 22.7 Å². The van der Waals surface area contributed by atoms with E-state index in [-0.39, 0.29) is 16.8 Å². The second-order valence-electron chi connectivity index (χ2n) is 8.08. The molecule has 0 unspecified atom stereocenters. The molecule has 0 bridgehead atoms. The number of pyridine rings is 2. The summed E-state index contributed by atoms with van der Waals surface area (Å²) in [6.07, 6.45) is 2.99. The van der Waals surface area contributed by atoms with Gasteiger partial charge >= 0.3 is 5.97 Å². The predicted octanol–water partition coefficient (Wildman–Crippen LogP) is 4.86. The molecule has 0 aliphatic rings. The van der Waals surface area contributed by atoms with Crippen LogP contribution >= 0.6 is 11.6 Å². The quantitative estimate of drug-likeness (QED) is 0.393. The van der Waals surface area contributed by atoms with Crippen molar-refractivity contribution < 1.29 is 19.1 Å². The third kappa shape index (κ3) is 5.78. The number of para-hydroxylation sites is 1. The fourth-order valence-electron chi connectivity index (χ4n) is 3.08. The first-order chi connectivity index (χ1) is 15.6. The van der Waals surface area contributed by atoms with Crippen molar-refractivity contribution in [3.8, 4) is 16.9 Å². The molecule has 0 saturated heterocycles. The summed E-state index contributed by atoms with van der Waals surface area (Å²) >= 11 is 6.05. The van der Waals surface area contributed by atoms with Crippen molar-refractivity contribution in [3.05, 3.63) is 65.2 Å². The fourth-order valence-corrected chi connectivity index (χ4v) is 3.24. The second-order valence-corrected chi connectivity index (χ2v) is 8.46. The lowest BCUT2D eigenvalue weighted by molar-refractivity contribution is 0.00628. The molecular formula is C24H25ClN4O4. The molecule has 2 heterocycles. The molecule has 2 aromatic heterocycles. The molecule has 8 nitrogen and oxygen atoms in total. The standard InChI is InChI=1S/C24H25ClN4O4/c1-24(2,3)33-23(31)18-10-9-14(12-27-18)15-7-6-8-17(21(15)32-5)29-19-11-20(25)28-13-16(19)22(30)26-4/h6-13H,1-5H3,(H,26,30)(H,28,29). The van der Waals surface area contributed by atoms with Crippen LogP contribution in [0.25, 0.3) is 11.1 Å². The van der Waals surface area contributed by atoms with Crippen LogP contribution in [0.2, 0.25) is 5.15 Å². The number of nitrogens with one attached hydrogen (secondary N) is 2. The Hall–Kier alpha value is -3.65. The van der Waals surface area contributed by atoms with Crippen molar-refractivity contribution in [2.75, 3.05) is 19.5 Å². The van der Waals surface area contributed by atoms with Gasteiger partial charge < -0.3 is 20.1 Å². The summed E-state index contributed by atoms with van der Waals surface area (Å²) in [6.45, 7) is 5.40. The zero-order valence-corrected chi connectivity index (χ0v) is 19.8. The lowest BCUT2D eigenvalue weighted by Crippen LogP contribution is -2.24. The third-order valence-corrected chi connectivity index (χ3v) is 4.72. The number of halogens is 1. The maximum absolute atomic E-state index is 12.3. The Labute approximate surface area is 197 Å². The van der Waals surface area contributed by atoms with Crippen molar-refractivity contribution in [1.29, 1.82) is 0 Å². The molecular weight excluding hydrogens is 444 g/mol. The summed E-state index contributed by atoms with van der Waals surface area (Å²) in [7, 11) is 3.08. The first-order valence-corrected chi connectivity index (χ1v) is 10.5. The molecule has 0 fully saturated rings. The van der Waals surface area contributed by atoms with E-state index in [4.69, 9.17) is 21.1 Å². The van der Waals surface area contributed by atoms with Crippen molar-refractivity contribution in [2.45, 2.75) is 26.4 Å². The van der Waals surface area contributed by atoms with Crippen molar-refractivity contribution in [1.82, 2.24) is 15.3 Å². The van der Waals surface area contributed by atoms with E-state index in [1.165, 1.54) is 13.2 Å². The van der Waals surface area contributed by atoms with Gasteiger partial charge in [0.05, 0.1) is 24.0 Å². The van der Waals surface area contributed by atoms with Gasteiger partial charge in [0, 0.05) is 30.6 Å². The van der Waals surface area contributed by atoms with Gasteiger partial charge in [-0.25, -0.2) is 14.8 Å². The highest BCUT2D eigenvalue weighted by Gasteiger charge is 2.20. The van der Waals surface area contributed by atoms with Crippen molar-refractivity contribution in [3.63, 3.8) is 0 Å². The lowest BCUT2D eigenvalue weighted by atomic mass is 10.0. The number of carbonyl (C=O) groups is 2. The minimum atomic E-state index is -0.607. The van der Waals surface area contributed by atoms with Crippen LogP contribution in [0.3, 0.4) is 0 Å². The molecule has 1 amide bonds. The zero-order chi connectivity index (χ0) is 24.2. The van der Waals surface area contributed by atoms with Gasteiger partial charge in [0.2, 0.25) is 0 Å². The van der Waals surface area contributed by atoms with Gasteiger partial charge in [-0.2, -0.15) is 0 Å². The molecule has 0 atom stereocenters. The van der Waals surface area contributed by atoms with Gasteiger partial charge in [-0.15, -0.1) is 0 Å². The molecule has 0 spiro atoms. The van der Waals surface area contributed by atoms with E-state index in [1.807, 2.05) is 18.2 Å². The average molecular weight is 469 g/mol. The van der Waals surface area contributed by atoms with E-state index >= 15 is 0 Å². The van der Waals surface area contributed by atoms with Crippen LogP contribution in [0.1, 0.15) is 41.6 Å². The summed E-state index contributed by atoms with van der Waals surface area (Å²) in [6, 6.07) is 10.5. The minimum absolute atomic E-state index is 0.212. The van der Waals surface area contributed by atoms with Gasteiger partial charge in [-0.3, -0.25) is 4.79 Å². The van der Waals surface area contributed by atoms with E-state index in [2.05, 4.69) is 20.6 Å². The van der Waals surface area contributed by atoms with Gasteiger partial charge in [-0.1, -0.05) is 29.8 Å². The van der Waals surface area contributed by atoms with Crippen LogP contribution < -0.4 is 15.4 Å². The number of hydrogen-bond donors (Lipinski definition) is 2. The van der Waals surface area contributed by atoms with Crippen LogP contribution in [0.5, 0.6) is 5.75 Å². The predicted molar refractivity (Wildman–Crippen MR) is 127 cm³/mol. The molecule has 2 N–H and O–H groups in total. The summed E-state index contributed by atoms with van der Waals surface area (Å²) in [5.74, 6) is -0.272. The molecule has 172 valence electrons. The molecule has 0 aliphatic carbocycles. The molecule has 0 saturated carbocycles. The van der Waals surface area contributed by atoms with Crippen LogP contribution in [-0.2, 0) is 4.74 Å². The number of benzene rings is 1. The maximum Gasteiger partial charge on any atom is 0.357 e.